The molecule has 1 aromatic heterocycles. The standard InChI is InChI=1S/C10H16N2S/c1-3-10-12-8(6-13-10)5-11-9-4-7(9)2/h6-7,9,11H,3-5H2,1-2H3. The molecule has 1 aliphatic rings. The summed E-state index contributed by atoms with van der Waals surface area (Å²) in [6.45, 7) is 5.39. The van der Waals surface area contributed by atoms with Crippen LogP contribution in [0.15, 0.2) is 5.38 Å². The van der Waals surface area contributed by atoms with Crippen LogP contribution in [-0.2, 0) is 13.0 Å². The highest BCUT2D eigenvalue weighted by atomic mass is 32.1. The van der Waals surface area contributed by atoms with E-state index in [-0.39, 0.29) is 0 Å². The SMILES string of the molecule is CCc1nc(CNC2CC2C)cs1. The summed E-state index contributed by atoms with van der Waals surface area (Å²) in [4.78, 5) is 4.51. The molecule has 2 unspecified atom stereocenters. The summed E-state index contributed by atoms with van der Waals surface area (Å²) >= 11 is 1.77. The van der Waals surface area contributed by atoms with Gasteiger partial charge in [0.1, 0.15) is 0 Å². The molecule has 2 atom stereocenters. The maximum Gasteiger partial charge on any atom is 0.0926 e. The van der Waals surface area contributed by atoms with Gasteiger partial charge >= 0.3 is 0 Å². The zero-order chi connectivity index (χ0) is 9.26. The molecule has 1 saturated carbocycles. The van der Waals surface area contributed by atoms with Crippen LogP contribution in [0, 0.1) is 5.92 Å². The van der Waals surface area contributed by atoms with Gasteiger partial charge in [-0.1, -0.05) is 13.8 Å². The lowest BCUT2D eigenvalue weighted by atomic mass is 10.4. The first-order chi connectivity index (χ1) is 6.29. The highest BCUT2D eigenvalue weighted by molar-refractivity contribution is 7.09. The van der Waals surface area contributed by atoms with Gasteiger partial charge in [0.25, 0.3) is 0 Å². The Kier molecular flexibility index (Phi) is 2.65. The van der Waals surface area contributed by atoms with Crippen LogP contribution in [0.3, 0.4) is 0 Å². The quantitative estimate of drug-likeness (QED) is 0.798. The number of nitrogens with one attached hydrogen (secondary N) is 1. The van der Waals surface area contributed by atoms with Gasteiger partial charge in [-0.3, -0.25) is 0 Å². The van der Waals surface area contributed by atoms with Crippen LogP contribution in [0.1, 0.15) is 31.0 Å². The molecule has 2 rings (SSSR count). The first kappa shape index (κ1) is 9.16. The fourth-order valence-corrected chi connectivity index (χ4v) is 2.18. The lowest BCUT2D eigenvalue weighted by Crippen LogP contribution is -2.17. The molecule has 2 nitrogen and oxygen atoms in total. The third-order valence-corrected chi connectivity index (χ3v) is 3.60. The number of aromatic nitrogens is 1. The summed E-state index contributed by atoms with van der Waals surface area (Å²) in [6, 6.07) is 0.756. The molecule has 1 heterocycles. The number of rotatable bonds is 4. The largest absolute Gasteiger partial charge is 0.308 e. The zero-order valence-electron chi connectivity index (χ0n) is 8.21. The Morgan fingerprint density at radius 3 is 3.00 bits per heavy atom. The van der Waals surface area contributed by atoms with Crippen molar-refractivity contribution in [2.75, 3.05) is 0 Å². The molecular weight excluding hydrogens is 180 g/mol. The second-order valence-electron chi connectivity index (χ2n) is 3.79. The molecule has 0 spiro atoms. The molecule has 0 amide bonds. The maximum absolute atomic E-state index is 4.51. The van der Waals surface area contributed by atoms with Gasteiger partial charge in [-0.25, -0.2) is 4.98 Å². The molecule has 1 aromatic rings. The van der Waals surface area contributed by atoms with Crippen molar-refractivity contribution < 1.29 is 0 Å². The van der Waals surface area contributed by atoms with E-state index in [2.05, 4.69) is 29.5 Å². The molecule has 1 fully saturated rings. The van der Waals surface area contributed by atoms with Gasteiger partial charge in [0.2, 0.25) is 0 Å². The van der Waals surface area contributed by atoms with E-state index in [1.807, 2.05) is 0 Å². The van der Waals surface area contributed by atoms with Crippen LogP contribution >= 0.6 is 11.3 Å². The predicted molar refractivity (Wildman–Crippen MR) is 55.9 cm³/mol. The topological polar surface area (TPSA) is 24.9 Å². The summed E-state index contributed by atoms with van der Waals surface area (Å²) in [5.41, 5.74) is 1.21. The van der Waals surface area contributed by atoms with Gasteiger partial charge in [-0.05, 0) is 18.8 Å². The number of hydrogen-bond acceptors (Lipinski definition) is 3. The van der Waals surface area contributed by atoms with Gasteiger partial charge in [0, 0.05) is 18.0 Å². The molecule has 72 valence electrons. The fourth-order valence-electron chi connectivity index (χ4n) is 1.43. The van der Waals surface area contributed by atoms with Gasteiger partial charge in [-0.15, -0.1) is 11.3 Å². The van der Waals surface area contributed by atoms with Crippen LogP contribution in [0.25, 0.3) is 0 Å². The smallest absolute Gasteiger partial charge is 0.0926 e. The molecule has 0 bridgehead atoms. The van der Waals surface area contributed by atoms with Crippen LogP contribution in [0.5, 0.6) is 0 Å². The number of aryl methyl sites for hydroxylation is 1. The van der Waals surface area contributed by atoms with Crippen molar-refractivity contribution in [2.45, 2.75) is 39.3 Å². The van der Waals surface area contributed by atoms with E-state index in [0.29, 0.717) is 0 Å². The van der Waals surface area contributed by atoms with Gasteiger partial charge in [0.05, 0.1) is 10.7 Å². The monoisotopic (exact) mass is 196 g/mol. The Hall–Kier alpha value is -0.410. The summed E-state index contributed by atoms with van der Waals surface area (Å²) in [5, 5.41) is 6.92. The number of thiazole rings is 1. The highest BCUT2D eigenvalue weighted by Gasteiger charge is 2.31. The van der Waals surface area contributed by atoms with Crippen LogP contribution < -0.4 is 5.32 Å². The molecule has 3 heteroatoms. The van der Waals surface area contributed by atoms with E-state index in [1.165, 1.54) is 17.1 Å². The minimum atomic E-state index is 0.756. The molecule has 1 aliphatic carbocycles. The predicted octanol–water partition coefficient (Wildman–Crippen LogP) is 2.20. The van der Waals surface area contributed by atoms with Gasteiger partial charge < -0.3 is 5.32 Å². The van der Waals surface area contributed by atoms with Crippen molar-refractivity contribution in [3.8, 4) is 0 Å². The van der Waals surface area contributed by atoms with Crippen molar-refractivity contribution >= 4 is 11.3 Å². The highest BCUT2D eigenvalue weighted by Crippen LogP contribution is 2.29. The first-order valence-electron chi connectivity index (χ1n) is 4.96. The summed E-state index contributed by atoms with van der Waals surface area (Å²) in [7, 11) is 0. The number of hydrogen-bond donors (Lipinski definition) is 1. The average molecular weight is 196 g/mol. The Labute approximate surface area is 83.4 Å². The molecule has 0 saturated heterocycles. The summed E-state index contributed by atoms with van der Waals surface area (Å²) in [5.74, 6) is 0.879. The van der Waals surface area contributed by atoms with E-state index in [1.54, 1.807) is 11.3 Å². The normalized spacial score (nSPS) is 26.3. The Bertz CT molecular complexity index is 282. The van der Waals surface area contributed by atoms with Crippen molar-refractivity contribution in [1.29, 1.82) is 0 Å². The summed E-state index contributed by atoms with van der Waals surface area (Å²) < 4.78 is 0. The van der Waals surface area contributed by atoms with Crippen LogP contribution in [0.4, 0.5) is 0 Å². The minimum absolute atomic E-state index is 0.756. The van der Waals surface area contributed by atoms with Crippen LogP contribution in [-0.4, -0.2) is 11.0 Å². The van der Waals surface area contributed by atoms with Crippen LogP contribution in [0.2, 0.25) is 0 Å². The van der Waals surface area contributed by atoms with E-state index in [9.17, 15) is 0 Å². The lowest BCUT2D eigenvalue weighted by molar-refractivity contribution is 0.643. The second kappa shape index (κ2) is 3.76. The lowest BCUT2D eigenvalue weighted by Gasteiger charge is -1.98. The zero-order valence-corrected chi connectivity index (χ0v) is 9.03. The third kappa shape index (κ3) is 2.29. The van der Waals surface area contributed by atoms with Gasteiger partial charge in [-0.2, -0.15) is 0 Å². The third-order valence-electron chi connectivity index (χ3n) is 2.56. The molecule has 13 heavy (non-hydrogen) atoms. The molecule has 0 aromatic carbocycles. The molecular formula is C10H16N2S. The molecule has 0 radical (unpaired) electrons. The van der Waals surface area contributed by atoms with E-state index in [0.717, 1.165) is 24.9 Å². The van der Waals surface area contributed by atoms with Crippen molar-refractivity contribution in [3.05, 3.63) is 16.1 Å². The molecule has 0 aliphatic heterocycles. The Balaban J connectivity index is 1.80. The first-order valence-corrected chi connectivity index (χ1v) is 5.84. The number of nitrogens with zero attached hydrogens (tertiary/aromatic N) is 1. The Morgan fingerprint density at radius 2 is 2.46 bits per heavy atom. The minimum Gasteiger partial charge on any atom is -0.308 e. The van der Waals surface area contributed by atoms with Crippen molar-refractivity contribution in [2.24, 2.45) is 5.92 Å². The van der Waals surface area contributed by atoms with Crippen molar-refractivity contribution in [1.82, 2.24) is 10.3 Å². The summed E-state index contributed by atoms with van der Waals surface area (Å²) in [6.07, 6.45) is 2.40. The van der Waals surface area contributed by atoms with Gasteiger partial charge in [0.15, 0.2) is 0 Å². The van der Waals surface area contributed by atoms with E-state index < -0.39 is 0 Å². The fraction of sp³-hybridized carbons (Fsp3) is 0.700. The maximum atomic E-state index is 4.51. The Morgan fingerprint density at radius 1 is 1.69 bits per heavy atom. The van der Waals surface area contributed by atoms with E-state index >= 15 is 0 Å². The molecule has 1 N–H and O–H groups in total. The average Bonchev–Trinajstić information content (AvgIpc) is 2.68. The van der Waals surface area contributed by atoms with Crippen molar-refractivity contribution in [3.63, 3.8) is 0 Å². The second-order valence-corrected chi connectivity index (χ2v) is 4.73. The van der Waals surface area contributed by atoms with E-state index in [4.69, 9.17) is 0 Å².